The van der Waals surface area contributed by atoms with Gasteiger partial charge < -0.3 is 10.1 Å². The second kappa shape index (κ2) is 7.40. The van der Waals surface area contributed by atoms with Gasteiger partial charge in [0.25, 0.3) is 5.91 Å². The van der Waals surface area contributed by atoms with Gasteiger partial charge in [-0.25, -0.2) is 4.68 Å². The summed E-state index contributed by atoms with van der Waals surface area (Å²) < 4.78 is 6.96. The first kappa shape index (κ1) is 17.0. The number of ether oxygens (including phenoxy) is 1. The summed E-state index contributed by atoms with van der Waals surface area (Å²) in [6, 6.07) is 15.1. The van der Waals surface area contributed by atoms with E-state index in [0.29, 0.717) is 11.4 Å². The summed E-state index contributed by atoms with van der Waals surface area (Å²) >= 11 is 1.57. The number of aromatic nitrogens is 3. The van der Waals surface area contributed by atoms with Crippen molar-refractivity contribution in [2.24, 2.45) is 0 Å². The predicted molar refractivity (Wildman–Crippen MR) is 98.8 cm³/mol. The Hall–Kier alpha value is -2.80. The molecule has 7 heteroatoms. The maximum Gasteiger partial charge on any atom is 0.278 e. The molecule has 0 aliphatic carbocycles. The molecule has 3 aromatic rings. The average Bonchev–Trinajstić information content (AvgIpc) is 3.03. The van der Waals surface area contributed by atoms with E-state index in [-0.39, 0.29) is 11.6 Å². The van der Waals surface area contributed by atoms with Gasteiger partial charge >= 0.3 is 0 Å². The van der Waals surface area contributed by atoms with Gasteiger partial charge in [-0.15, -0.1) is 16.9 Å². The number of thioether (sulfide) groups is 1. The van der Waals surface area contributed by atoms with Crippen molar-refractivity contribution >= 4 is 23.4 Å². The first-order valence-electron chi connectivity index (χ1n) is 7.65. The molecule has 0 unspecified atom stereocenters. The minimum atomic E-state index is -0.292. The number of amides is 1. The molecule has 0 radical (unpaired) electrons. The predicted octanol–water partition coefficient (Wildman–Crippen LogP) is 3.56. The van der Waals surface area contributed by atoms with Gasteiger partial charge in [0.1, 0.15) is 11.4 Å². The highest BCUT2D eigenvalue weighted by atomic mass is 32.2. The Labute approximate surface area is 150 Å². The van der Waals surface area contributed by atoms with Crippen LogP contribution in [0.1, 0.15) is 16.2 Å². The molecule has 128 valence electrons. The number of para-hydroxylation sites is 3. The molecule has 1 heterocycles. The number of anilines is 1. The topological polar surface area (TPSA) is 69.0 Å². The highest BCUT2D eigenvalue weighted by molar-refractivity contribution is 7.98. The molecule has 3 rings (SSSR count). The Balaban J connectivity index is 1.92. The number of carbonyl (C=O) groups excluding carboxylic acids is 1. The molecule has 6 nitrogen and oxygen atoms in total. The van der Waals surface area contributed by atoms with Crippen molar-refractivity contribution in [1.29, 1.82) is 0 Å². The lowest BCUT2D eigenvalue weighted by Crippen LogP contribution is -2.14. The van der Waals surface area contributed by atoms with Crippen molar-refractivity contribution < 1.29 is 9.53 Å². The number of nitrogens with one attached hydrogen (secondary N) is 1. The standard InChI is InChI=1S/C18H18N4O2S/c1-12-17(18(23)19-13-8-4-7-11-16(13)25-3)20-21-22(12)14-9-5-6-10-15(14)24-2/h4-11H,1-3H3,(H,19,23). The van der Waals surface area contributed by atoms with Crippen molar-refractivity contribution in [1.82, 2.24) is 15.0 Å². The molecule has 1 amide bonds. The molecule has 0 spiro atoms. The van der Waals surface area contributed by atoms with Crippen LogP contribution in [0.5, 0.6) is 5.75 Å². The quantitative estimate of drug-likeness (QED) is 0.710. The largest absolute Gasteiger partial charge is 0.494 e. The Morgan fingerprint density at radius 2 is 1.88 bits per heavy atom. The van der Waals surface area contributed by atoms with Crippen LogP contribution in [0.15, 0.2) is 53.4 Å². The molecular weight excluding hydrogens is 336 g/mol. The van der Waals surface area contributed by atoms with Crippen LogP contribution in [-0.2, 0) is 0 Å². The van der Waals surface area contributed by atoms with Crippen molar-refractivity contribution in [3.63, 3.8) is 0 Å². The minimum absolute atomic E-state index is 0.279. The number of carbonyl (C=O) groups is 1. The van der Waals surface area contributed by atoms with Crippen LogP contribution in [0.4, 0.5) is 5.69 Å². The number of rotatable bonds is 5. The van der Waals surface area contributed by atoms with Crippen LogP contribution < -0.4 is 10.1 Å². The summed E-state index contributed by atoms with van der Waals surface area (Å²) in [4.78, 5) is 13.6. The summed E-state index contributed by atoms with van der Waals surface area (Å²) in [6.45, 7) is 1.81. The molecule has 0 saturated heterocycles. The van der Waals surface area contributed by atoms with E-state index in [1.807, 2.05) is 61.7 Å². The third-order valence-electron chi connectivity index (χ3n) is 3.78. The molecule has 0 aliphatic heterocycles. The normalized spacial score (nSPS) is 10.5. The third kappa shape index (κ3) is 3.36. The zero-order chi connectivity index (χ0) is 17.8. The molecule has 0 fully saturated rings. The smallest absolute Gasteiger partial charge is 0.278 e. The number of hydrogen-bond donors (Lipinski definition) is 1. The van der Waals surface area contributed by atoms with Gasteiger partial charge in [0.2, 0.25) is 0 Å². The fraction of sp³-hybridized carbons (Fsp3) is 0.167. The van der Waals surface area contributed by atoms with E-state index in [1.54, 1.807) is 23.6 Å². The van der Waals surface area contributed by atoms with Crippen molar-refractivity contribution in [3.05, 3.63) is 59.9 Å². The summed E-state index contributed by atoms with van der Waals surface area (Å²) in [5, 5.41) is 11.1. The van der Waals surface area contributed by atoms with Crippen molar-refractivity contribution in [2.75, 3.05) is 18.7 Å². The molecule has 0 saturated carbocycles. The fourth-order valence-electron chi connectivity index (χ4n) is 2.50. The highest BCUT2D eigenvalue weighted by Gasteiger charge is 2.19. The van der Waals surface area contributed by atoms with E-state index in [0.717, 1.165) is 16.3 Å². The Kier molecular flexibility index (Phi) is 5.04. The van der Waals surface area contributed by atoms with E-state index in [2.05, 4.69) is 15.6 Å². The second-order valence-corrected chi connectivity index (χ2v) is 6.11. The van der Waals surface area contributed by atoms with Crippen molar-refractivity contribution in [2.45, 2.75) is 11.8 Å². The van der Waals surface area contributed by atoms with Gasteiger partial charge in [-0.3, -0.25) is 4.79 Å². The van der Waals surface area contributed by atoms with Crippen LogP contribution in [0, 0.1) is 6.92 Å². The summed E-state index contributed by atoms with van der Waals surface area (Å²) in [5.74, 6) is 0.371. The third-order valence-corrected chi connectivity index (χ3v) is 4.57. The van der Waals surface area contributed by atoms with Gasteiger partial charge in [0, 0.05) is 4.90 Å². The van der Waals surface area contributed by atoms with Gasteiger partial charge in [0.15, 0.2) is 5.69 Å². The van der Waals surface area contributed by atoms with E-state index < -0.39 is 0 Å². The van der Waals surface area contributed by atoms with Crippen LogP contribution in [-0.4, -0.2) is 34.3 Å². The van der Waals surface area contributed by atoms with E-state index >= 15 is 0 Å². The van der Waals surface area contributed by atoms with Gasteiger partial charge in [-0.2, -0.15) is 0 Å². The molecule has 0 aliphatic rings. The summed E-state index contributed by atoms with van der Waals surface area (Å²) in [7, 11) is 1.60. The Bertz CT molecular complexity index is 908. The number of benzene rings is 2. The first-order chi connectivity index (χ1) is 12.2. The van der Waals surface area contributed by atoms with Crippen LogP contribution in [0.2, 0.25) is 0 Å². The summed E-state index contributed by atoms with van der Waals surface area (Å²) in [6.07, 6.45) is 1.97. The number of nitrogens with zero attached hydrogens (tertiary/aromatic N) is 3. The molecule has 25 heavy (non-hydrogen) atoms. The second-order valence-electron chi connectivity index (χ2n) is 5.26. The Morgan fingerprint density at radius 1 is 1.16 bits per heavy atom. The van der Waals surface area contributed by atoms with Gasteiger partial charge in [-0.1, -0.05) is 29.5 Å². The van der Waals surface area contributed by atoms with E-state index in [4.69, 9.17) is 4.74 Å². The van der Waals surface area contributed by atoms with Crippen LogP contribution >= 0.6 is 11.8 Å². The van der Waals surface area contributed by atoms with Crippen LogP contribution in [0.25, 0.3) is 5.69 Å². The Morgan fingerprint density at radius 3 is 2.64 bits per heavy atom. The lowest BCUT2D eigenvalue weighted by atomic mass is 10.2. The van der Waals surface area contributed by atoms with Gasteiger partial charge in [-0.05, 0) is 37.4 Å². The van der Waals surface area contributed by atoms with E-state index in [1.165, 1.54) is 0 Å². The molecular formula is C18H18N4O2S. The maximum atomic E-state index is 12.6. The SMILES string of the molecule is COc1ccccc1-n1nnc(C(=O)Nc2ccccc2SC)c1C. The zero-order valence-corrected chi connectivity index (χ0v) is 15.0. The van der Waals surface area contributed by atoms with Crippen molar-refractivity contribution in [3.8, 4) is 11.4 Å². The fourth-order valence-corrected chi connectivity index (χ4v) is 3.06. The highest BCUT2D eigenvalue weighted by Crippen LogP contribution is 2.26. The first-order valence-corrected chi connectivity index (χ1v) is 8.88. The van der Waals surface area contributed by atoms with Gasteiger partial charge in [0.05, 0.1) is 18.5 Å². The monoisotopic (exact) mass is 354 g/mol. The minimum Gasteiger partial charge on any atom is -0.494 e. The lowest BCUT2D eigenvalue weighted by molar-refractivity contribution is 0.102. The van der Waals surface area contributed by atoms with E-state index in [9.17, 15) is 4.79 Å². The lowest BCUT2D eigenvalue weighted by Gasteiger charge is -2.10. The molecule has 2 aromatic carbocycles. The number of methoxy groups -OCH3 is 1. The molecule has 1 N–H and O–H groups in total. The number of hydrogen-bond acceptors (Lipinski definition) is 5. The summed E-state index contributed by atoms with van der Waals surface area (Å²) in [5.41, 5.74) is 2.41. The zero-order valence-electron chi connectivity index (χ0n) is 14.2. The molecule has 0 bridgehead atoms. The average molecular weight is 354 g/mol. The van der Waals surface area contributed by atoms with Crippen LogP contribution in [0.3, 0.4) is 0 Å². The molecule has 0 atom stereocenters. The maximum absolute atomic E-state index is 12.6. The molecule has 1 aromatic heterocycles.